The molecule has 4 aromatic rings. The zero-order valence-corrected chi connectivity index (χ0v) is 23.2. The van der Waals surface area contributed by atoms with Gasteiger partial charge in [0.2, 0.25) is 0 Å². The fraction of sp³-hybridized carbons (Fsp3) is 0.407. The Bertz CT molecular complexity index is 1600. The number of ether oxygens (including phenoxy) is 1. The second kappa shape index (κ2) is 10.1. The van der Waals surface area contributed by atoms with E-state index in [1.807, 2.05) is 50.6 Å². The number of nitrogen functional groups attached to an aromatic ring is 1. The van der Waals surface area contributed by atoms with Crippen LogP contribution in [0.3, 0.4) is 0 Å². The van der Waals surface area contributed by atoms with E-state index < -0.39 is 17.7 Å². The SMILES string of the molecule is Cn1nc(-c2cnc(N)c(-c3nc4cccc(N5CCC[C@H](NC(=O)OC(C)(C)C)C5)c4n3C)n2)cc1C(=O)O. The fourth-order valence-electron chi connectivity index (χ4n) is 4.98. The number of aryl methyl sites for hydroxylation is 2. The first-order valence-corrected chi connectivity index (χ1v) is 13.0. The molecule has 0 radical (unpaired) electrons. The van der Waals surface area contributed by atoms with E-state index in [1.54, 1.807) is 7.05 Å². The number of nitrogens with zero attached hydrogens (tertiary/aromatic N) is 7. The monoisotopic (exact) mass is 547 g/mol. The molecule has 0 spiro atoms. The normalized spacial score (nSPS) is 15.8. The highest BCUT2D eigenvalue weighted by molar-refractivity contribution is 5.92. The van der Waals surface area contributed by atoms with Crippen LogP contribution in [0.5, 0.6) is 0 Å². The zero-order valence-electron chi connectivity index (χ0n) is 23.2. The molecule has 13 nitrogen and oxygen atoms in total. The molecular weight excluding hydrogens is 514 g/mol. The van der Waals surface area contributed by atoms with Crippen molar-refractivity contribution in [3.05, 3.63) is 36.2 Å². The summed E-state index contributed by atoms with van der Waals surface area (Å²) < 4.78 is 8.66. The number of carboxylic acid groups (broad SMARTS) is 1. The Labute approximate surface area is 231 Å². The highest BCUT2D eigenvalue weighted by Gasteiger charge is 2.27. The molecule has 5 rings (SSSR count). The van der Waals surface area contributed by atoms with Crippen LogP contribution in [0.2, 0.25) is 0 Å². The van der Waals surface area contributed by atoms with Gasteiger partial charge in [-0.25, -0.2) is 24.5 Å². The number of carbonyl (C=O) groups excluding carboxylic acids is 1. The standard InChI is InChI=1S/C27H33N9O4/c1-27(2,3)40-26(39)30-15-8-7-11-36(14-15)19-10-6-9-16-22(19)34(4)24(32-16)21-23(28)29-13-18(31-21)17-12-20(25(37)38)35(5)33-17/h6,9-10,12-13,15H,7-8,11,14H2,1-5H3,(H2,28,29)(H,30,39)(H,37,38)/t15-/m0/s1. The number of anilines is 2. The maximum absolute atomic E-state index is 12.4. The van der Waals surface area contributed by atoms with Gasteiger partial charge in [0.05, 0.1) is 22.9 Å². The van der Waals surface area contributed by atoms with Gasteiger partial charge >= 0.3 is 12.1 Å². The third kappa shape index (κ3) is 5.26. The minimum absolute atomic E-state index is 0.0311. The highest BCUT2D eigenvalue weighted by Crippen LogP contribution is 2.34. The van der Waals surface area contributed by atoms with E-state index in [4.69, 9.17) is 15.5 Å². The van der Waals surface area contributed by atoms with Crippen molar-refractivity contribution in [3.63, 3.8) is 0 Å². The summed E-state index contributed by atoms with van der Waals surface area (Å²) in [5, 5.41) is 16.7. The molecular formula is C27H33N9O4. The molecule has 40 heavy (non-hydrogen) atoms. The molecule has 0 saturated carbocycles. The van der Waals surface area contributed by atoms with Crippen molar-refractivity contribution in [2.45, 2.75) is 45.3 Å². The van der Waals surface area contributed by atoms with Gasteiger partial charge in [-0.1, -0.05) is 6.07 Å². The van der Waals surface area contributed by atoms with Gasteiger partial charge in [0.25, 0.3) is 0 Å². The first-order chi connectivity index (χ1) is 18.9. The number of hydrogen-bond donors (Lipinski definition) is 3. The number of imidazole rings is 1. The molecule has 3 aromatic heterocycles. The maximum Gasteiger partial charge on any atom is 0.407 e. The number of piperidine rings is 1. The third-order valence-electron chi connectivity index (χ3n) is 6.73. The van der Waals surface area contributed by atoms with Crippen LogP contribution in [0.25, 0.3) is 33.9 Å². The lowest BCUT2D eigenvalue weighted by Gasteiger charge is -2.35. The predicted molar refractivity (Wildman–Crippen MR) is 150 cm³/mol. The van der Waals surface area contributed by atoms with E-state index in [9.17, 15) is 14.7 Å². The molecule has 0 unspecified atom stereocenters. The van der Waals surface area contributed by atoms with Gasteiger partial charge < -0.3 is 30.4 Å². The largest absolute Gasteiger partial charge is 0.477 e. The Morgan fingerprint density at radius 1 is 1.18 bits per heavy atom. The molecule has 1 saturated heterocycles. The summed E-state index contributed by atoms with van der Waals surface area (Å²) in [6, 6.07) is 7.30. The molecule has 1 aromatic carbocycles. The van der Waals surface area contributed by atoms with Gasteiger partial charge in [0.15, 0.2) is 11.6 Å². The van der Waals surface area contributed by atoms with Crippen molar-refractivity contribution in [1.29, 1.82) is 0 Å². The van der Waals surface area contributed by atoms with Gasteiger partial charge in [-0.2, -0.15) is 5.10 Å². The van der Waals surface area contributed by atoms with E-state index >= 15 is 0 Å². The van der Waals surface area contributed by atoms with Crippen molar-refractivity contribution >= 4 is 34.6 Å². The smallest absolute Gasteiger partial charge is 0.407 e. The average molecular weight is 548 g/mol. The van der Waals surface area contributed by atoms with Gasteiger partial charge in [0, 0.05) is 39.3 Å². The van der Waals surface area contributed by atoms with Gasteiger partial charge in [-0.05, 0) is 45.7 Å². The topological polar surface area (TPSA) is 166 Å². The van der Waals surface area contributed by atoms with Crippen molar-refractivity contribution < 1.29 is 19.4 Å². The number of para-hydroxylation sites is 1. The van der Waals surface area contributed by atoms with Crippen molar-refractivity contribution in [3.8, 4) is 22.9 Å². The van der Waals surface area contributed by atoms with Crippen LogP contribution in [0.15, 0.2) is 30.5 Å². The minimum Gasteiger partial charge on any atom is -0.477 e. The second-order valence-electron chi connectivity index (χ2n) is 10.9. The number of fused-ring (bicyclic) bond motifs is 1. The molecule has 4 N–H and O–H groups in total. The Kier molecular flexibility index (Phi) is 6.82. The number of hydrogen-bond acceptors (Lipinski definition) is 9. The number of carboxylic acids is 1. The van der Waals surface area contributed by atoms with Gasteiger partial charge in [-0.3, -0.25) is 4.68 Å². The molecule has 1 fully saturated rings. The second-order valence-corrected chi connectivity index (χ2v) is 10.9. The van der Waals surface area contributed by atoms with Crippen molar-refractivity contribution in [2.24, 2.45) is 14.1 Å². The van der Waals surface area contributed by atoms with Crippen LogP contribution in [-0.2, 0) is 18.8 Å². The molecule has 1 amide bonds. The lowest BCUT2D eigenvalue weighted by Crippen LogP contribution is -2.49. The summed E-state index contributed by atoms with van der Waals surface area (Å²) >= 11 is 0. The van der Waals surface area contributed by atoms with E-state index in [0.29, 0.717) is 29.5 Å². The quantitative estimate of drug-likeness (QED) is 0.338. The minimum atomic E-state index is -1.09. The molecule has 1 atom stereocenters. The third-order valence-corrected chi connectivity index (χ3v) is 6.73. The zero-order chi connectivity index (χ0) is 28.8. The van der Waals surface area contributed by atoms with Crippen LogP contribution in [0.1, 0.15) is 44.1 Å². The van der Waals surface area contributed by atoms with E-state index in [1.165, 1.54) is 16.9 Å². The van der Waals surface area contributed by atoms with Crippen LogP contribution in [0, 0.1) is 0 Å². The Balaban J connectivity index is 1.48. The van der Waals surface area contributed by atoms with Gasteiger partial charge in [0.1, 0.15) is 28.4 Å². The van der Waals surface area contributed by atoms with E-state index in [-0.39, 0.29) is 17.6 Å². The maximum atomic E-state index is 12.4. The Morgan fingerprint density at radius 2 is 1.95 bits per heavy atom. The number of amides is 1. The number of alkyl carbamates (subject to hydrolysis) is 1. The number of aromatic carboxylic acids is 1. The number of benzene rings is 1. The van der Waals surface area contributed by atoms with E-state index in [0.717, 1.165) is 36.1 Å². The number of nitrogens with one attached hydrogen (secondary N) is 1. The fourth-order valence-corrected chi connectivity index (χ4v) is 4.98. The first kappa shape index (κ1) is 26.9. The van der Waals surface area contributed by atoms with Crippen LogP contribution in [0.4, 0.5) is 16.3 Å². The number of carbonyl (C=O) groups is 2. The average Bonchev–Trinajstić information content (AvgIpc) is 3.43. The lowest BCUT2D eigenvalue weighted by molar-refractivity contribution is 0.0499. The molecule has 1 aliphatic rings. The van der Waals surface area contributed by atoms with Crippen LogP contribution >= 0.6 is 0 Å². The summed E-state index contributed by atoms with van der Waals surface area (Å²) in [7, 11) is 3.45. The Hall–Kier alpha value is -4.68. The summed E-state index contributed by atoms with van der Waals surface area (Å²) in [4.78, 5) is 39.9. The van der Waals surface area contributed by atoms with Crippen LogP contribution in [-0.4, -0.2) is 71.2 Å². The summed E-state index contributed by atoms with van der Waals surface area (Å²) in [6.07, 6.45) is 2.81. The first-order valence-electron chi connectivity index (χ1n) is 13.0. The molecule has 1 aliphatic heterocycles. The number of nitrogens with two attached hydrogens (primary N) is 1. The molecule has 4 heterocycles. The molecule has 13 heteroatoms. The van der Waals surface area contributed by atoms with Crippen molar-refractivity contribution in [1.82, 2.24) is 34.6 Å². The number of aromatic nitrogens is 6. The molecule has 0 aliphatic carbocycles. The summed E-state index contributed by atoms with van der Waals surface area (Å²) in [5.41, 5.74) is 9.47. The number of rotatable bonds is 5. The highest BCUT2D eigenvalue weighted by atomic mass is 16.6. The van der Waals surface area contributed by atoms with Crippen molar-refractivity contribution in [2.75, 3.05) is 23.7 Å². The summed E-state index contributed by atoms with van der Waals surface area (Å²) in [6.45, 7) is 6.99. The molecule has 210 valence electrons. The van der Waals surface area contributed by atoms with E-state index in [2.05, 4.69) is 25.3 Å². The Morgan fingerprint density at radius 3 is 2.65 bits per heavy atom. The predicted octanol–water partition coefficient (Wildman–Crippen LogP) is 3.20. The van der Waals surface area contributed by atoms with Crippen LogP contribution < -0.4 is 16.0 Å². The summed E-state index contributed by atoms with van der Waals surface area (Å²) in [5.74, 6) is -0.379. The molecule has 0 bridgehead atoms. The van der Waals surface area contributed by atoms with Gasteiger partial charge in [-0.15, -0.1) is 0 Å². The lowest BCUT2D eigenvalue weighted by atomic mass is 10.0.